The Labute approximate surface area is 110 Å². The van der Waals surface area contributed by atoms with Gasteiger partial charge in [-0.05, 0) is 6.07 Å². The van der Waals surface area contributed by atoms with Crippen LogP contribution in [0.15, 0.2) is 23.7 Å². The van der Waals surface area contributed by atoms with Crippen LogP contribution in [0, 0.1) is 11.6 Å². The molecule has 0 radical (unpaired) electrons. The van der Waals surface area contributed by atoms with Gasteiger partial charge < -0.3 is 0 Å². The highest BCUT2D eigenvalue weighted by molar-refractivity contribution is 7.09. The molecule has 0 bridgehead atoms. The Balaban J connectivity index is 2.09. The van der Waals surface area contributed by atoms with Crippen molar-refractivity contribution < 1.29 is 18.4 Å². The second-order valence-corrected chi connectivity index (χ2v) is 4.91. The van der Waals surface area contributed by atoms with E-state index < -0.39 is 23.3 Å². The standard InChI is InChI=1S/C12H6F2N2O2S/c13-6-3-7-10(8(14)4-6)16(12(18)11(7)17)5-9-15-1-2-19-9/h1-4H,5H2. The molecular weight excluding hydrogens is 274 g/mol. The van der Waals surface area contributed by atoms with Crippen molar-refractivity contribution in [2.45, 2.75) is 6.54 Å². The normalized spacial score (nSPS) is 14.1. The molecule has 0 N–H and O–H groups in total. The van der Waals surface area contributed by atoms with Crippen LogP contribution in [0.2, 0.25) is 0 Å². The van der Waals surface area contributed by atoms with E-state index in [0.29, 0.717) is 11.1 Å². The Kier molecular flexibility index (Phi) is 2.63. The zero-order valence-electron chi connectivity index (χ0n) is 9.39. The number of anilines is 1. The summed E-state index contributed by atoms with van der Waals surface area (Å²) in [6.45, 7) is -0.00219. The molecule has 2 aromatic rings. The number of nitrogens with zero attached hydrogens (tertiary/aromatic N) is 2. The zero-order valence-corrected chi connectivity index (χ0v) is 10.2. The fourth-order valence-electron chi connectivity index (χ4n) is 1.97. The van der Waals surface area contributed by atoms with Gasteiger partial charge in [-0.15, -0.1) is 11.3 Å². The van der Waals surface area contributed by atoms with Crippen LogP contribution in [0.4, 0.5) is 14.5 Å². The van der Waals surface area contributed by atoms with Crippen molar-refractivity contribution in [3.8, 4) is 0 Å². The number of hydrogen-bond donors (Lipinski definition) is 0. The van der Waals surface area contributed by atoms with Gasteiger partial charge in [0.25, 0.3) is 11.7 Å². The van der Waals surface area contributed by atoms with E-state index in [1.165, 1.54) is 11.3 Å². The van der Waals surface area contributed by atoms with E-state index in [1.807, 2.05) is 0 Å². The Bertz CT molecular complexity index is 685. The number of ketones is 1. The number of aromatic nitrogens is 1. The highest BCUT2D eigenvalue weighted by Crippen LogP contribution is 2.33. The minimum absolute atomic E-state index is 0.00219. The number of rotatable bonds is 2. The van der Waals surface area contributed by atoms with Crippen molar-refractivity contribution in [2.24, 2.45) is 0 Å². The predicted molar refractivity (Wildman–Crippen MR) is 64.0 cm³/mol. The fraction of sp³-hybridized carbons (Fsp3) is 0.0833. The van der Waals surface area contributed by atoms with Crippen LogP contribution in [0.1, 0.15) is 15.4 Å². The first-order valence-electron chi connectivity index (χ1n) is 5.31. The third-order valence-corrected chi connectivity index (χ3v) is 3.52. The van der Waals surface area contributed by atoms with Crippen LogP contribution < -0.4 is 4.90 Å². The summed E-state index contributed by atoms with van der Waals surface area (Å²) in [6, 6.07) is 1.53. The maximum absolute atomic E-state index is 13.8. The van der Waals surface area contributed by atoms with Gasteiger partial charge in [0.1, 0.15) is 10.8 Å². The second-order valence-electron chi connectivity index (χ2n) is 3.93. The van der Waals surface area contributed by atoms with Crippen LogP contribution in [-0.4, -0.2) is 16.7 Å². The summed E-state index contributed by atoms with van der Waals surface area (Å²) in [5, 5.41) is 2.28. The van der Waals surface area contributed by atoms with E-state index >= 15 is 0 Å². The molecule has 4 nitrogen and oxygen atoms in total. The topological polar surface area (TPSA) is 50.3 Å². The van der Waals surface area contributed by atoms with Gasteiger partial charge in [-0.3, -0.25) is 14.5 Å². The smallest absolute Gasteiger partial charge is 0.295 e. The van der Waals surface area contributed by atoms with Gasteiger partial charge in [0, 0.05) is 17.6 Å². The Morgan fingerprint density at radius 2 is 2.05 bits per heavy atom. The minimum atomic E-state index is -0.925. The summed E-state index contributed by atoms with van der Waals surface area (Å²) in [4.78, 5) is 28.5. The van der Waals surface area contributed by atoms with Gasteiger partial charge in [0.2, 0.25) is 0 Å². The monoisotopic (exact) mass is 280 g/mol. The predicted octanol–water partition coefficient (Wildman–Crippen LogP) is 2.15. The van der Waals surface area contributed by atoms with Gasteiger partial charge in [-0.25, -0.2) is 13.8 Å². The number of halogens is 2. The number of hydrogen-bond acceptors (Lipinski definition) is 4. The third-order valence-electron chi connectivity index (χ3n) is 2.76. The molecule has 96 valence electrons. The average molecular weight is 280 g/mol. The first-order valence-corrected chi connectivity index (χ1v) is 6.19. The minimum Gasteiger partial charge on any atom is -0.295 e. The summed E-state index contributed by atoms with van der Waals surface area (Å²) in [5.74, 6) is -3.57. The average Bonchev–Trinajstić information content (AvgIpc) is 2.93. The molecule has 1 aromatic carbocycles. The number of amides is 1. The number of thiazole rings is 1. The van der Waals surface area contributed by atoms with Gasteiger partial charge in [-0.2, -0.15) is 0 Å². The zero-order chi connectivity index (χ0) is 13.6. The molecule has 19 heavy (non-hydrogen) atoms. The van der Waals surface area contributed by atoms with Crippen molar-refractivity contribution in [2.75, 3.05) is 4.90 Å². The van der Waals surface area contributed by atoms with Crippen LogP contribution >= 0.6 is 11.3 Å². The van der Waals surface area contributed by atoms with Crippen molar-refractivity contribution in [3.05, 3.63) is 45.9 Å². The lowest BCUT2D eigenvalue weighted by Gasteiger charge is -2.15. The molecule has 0 spiro atoms. The summed E-state index contributed by atoms with van der Waals surface area (Å²) < 4.78 is 26.9. The molecule has 0 aliphatic carbocycles. The van der Waals surface area contributed by atoms with E-state index in [2.05, 4.69) is 4.98 Å². The van der Waals surface area contributed by atoms with Gasteiger partial charge in [-0.1, -0.05) is 0 Å². The second kappa shape index (κ2) is 4.20. The molecule has 1 aliphatic heterocycles. The molecule has 0 fully saturated rings. The largest absolute Gasteiger partial charge is 0.299 e. The van der Waals surface area contributed by atoms with Crippen molar-refractivity contribution >= 4 is 28.7 Å². The highest BCUT2D eigenvalue weighted by atomic mass is 32.1. The van der Waals surface area contributed by atoms with Crippen molar-refractivity contribution in [1.82, 2.24) is 4.98 Å². The number of carbonyl (C=O) groups is 2. The first kappa shape index (κ1) is 11.9. The maximum atomic E-state index is 13.8. The molecule has 0 saturated carbocycles. The quantitative estimate of drug-likeness (QED) is 0.792. The maximum Gasteiger partial charge on any atom is 0.299 e. The van der Waals surface area contributed by atoms with E-state index in [1.54, 1.807) is 11.6 Å². The van der Waals surface area contributed by atoms with Crippen LogP contribution in [0.5, 0.6) is 0 Å². The van der Waals surface area contributed by atoms with Gasteiger partial charge in [0.05, 0.1) is 17.8 Å². The van der Waals surface area contributed by atoms with Crippen molar-refractivity contribution in [1.29, 1.82) is 0 Å². The first-order chi connectivity index (χ1) is 9.08. The van der Waals surface area contributed by atoms with Gasteiger partial charge >= 0.3 is 0 Å². The summed E-state index contributed by atoms with van der Waals surface area (Å²) >= 11 is 1.28. The number of carbonyl (C=O) groups excluding carboxylic acids is 2. The van der Waals surface area contributed by atoms with E-state index in [9.17, 15) is 18.4 Å². The SMILES string of the molecule is O=C1C(=O)N(Cc2nccs2)c2c(F)cc(F)cc21. The summed E-state index contributed by atoms with van der Waals surface area (Å²) in [6.07, 6.45) is 1.55. The summed E-state index contributed by atoms with van der Waals surface area (Å²) in [7, 11) is 0. The lowest BCUT2D eigenvalue weighted by molar-refractivity contribution is -0.114. The molecule has 3 rings (SSSR count). The summed E-state index contributed by atoms with van der Waals surface area (Å²) in [5.41, 5.74) is -0.411. The molecule has 1 aromatic heterocycles. The molecule has 0 atom stereocenters. The third kappa shape index (κ3) is 1.82. The van der Waals surface area contributed by atoms with Crippen molar-refractivity contribution in [3.63, 3.8) is 0 Å². The fourth-order valence-corrected chi connectivity index (χ4v) is 2.57. The lowest BCUT2D eigenvalue weighted by Crippen LogP contribution is -2.29. The molecule has 2 heterocycles. The van der Waals surface area contributed by atoms with E-state index in [0.717, 1.165) is 11.0 Å². The molecule has 7 heteroatoms. The molecule has 0 saturated heterocycles. The molecular formula is C12H6F2N2O2S. The Morgan fingerprint density at radius 3 is 2.74 bits per heavy atom. The molecule has 1 aliphatic rings. The number of fused-ring (bicyclic) bond motifs is 1. The lowest BCUT2D eigenvalue weighted by atomic mass is 10.1. The van der Waals surface area contributed by atoms with E-state index in [4.69, 9.17) is 0 Å². The number of Topliss-reactive ketones (excluding diaryl/α,β-unsaturated/α-hetero) is 1. The van der Waals surface area contributed by atoms with E-state index in [-0.39, 0.29) is 17.8 Å². The highest BCUT2D eigenvalue weighted by Gasteiger charge is 2.39. The number of benzene rings is 1. The van der Waals surface area contributed by atoms with Crippen LogP contribution in [0.25, 0.3) is 0 Å². The van der Waals surface area contributed by atoms with Crippen LogP contribution in [0.3, 0.4) is 0 Å². The molecule has 1 amide bonds. The molecule has 0 unspecified atom stereocenters. The Morgan fingerprint density at radius 1 is 1.26 bits per heavy atom. The van der Waals surface area contributed by atoms with Crippen LogP contribution in [-0.2, 0) is 11.3 Å². The Hall–Kier alpha value is -2.15. The van der Waals surface area contributed by atoms with Gasteiger partial charge in [0.15, 0.2) is 5.82 Å².